The number of sulfonamides is 1. The lowest BCUT2D eigenvalue weighted by Crippen LogP contribution is -2.38. The molecule has 0 saturated carbocycles. The van der Waals surface area contributed by atoms with Gasteiger partial charge < -0.3 is 10.1 Å². The normalized spacial score (nSPS) is 11.0. The van der Waals surface area contributed by atoms with Crippen LogP contribution >= 0.6 is 11.8 Å². The highest BCUT2D eigenvalue weighted by molar-refractivity contribution is 7.98. The second-order valence-electron chi connectivity index (χ2n) is 7.48. The third-order valence-electron chi connectivity index (χ3n) is 5.10. The summed E-state index contributed by atoms with van der Waals surface area (Å²) in [5.41, 5.74) is 0.983. The second-order valence-corrected chi connectivity index (χ2v) is 10.2. The molecule has 0 aliphatic heterocycles. The highest BCUT2D eigenvalue weighted by Gasteiger charge is 2.27. The first-order chi connectivity index (χ1) is 17.0. The summed E-state index contributed by atoms with van der Waals surface area (Å²) >= 11 is 1.50. The van der Waals surface area contributed by atoms with Gasteiger partial charge in [0.1, 0.15) is 18.0 Å². The molecule has 0 saturated heterocycles. The van der Waals surface area contributed by atoms with Crippen LogP contribution in [0.2, 0.25) is 0 Å². The number of ether oxygens (including phenoxy) is 1. The molecule has 0 fully saturated rings. The average Bonchev–Trinajstić information content (AvgIpc) is 2.89. The Morgan fingerprint density at radius 2 is 1.37 bits per heavy atom. The predicted molar refractivity (Wildman–Crippen MR) is 141 cm³/mol. The molecule has 0 aliphatic carbocycles. The number of benzene rings is 4. The lowest BCUT2D eigenvalue weighted by Gasteiger charge is -2.24. The fraction of sp³-hybridized carbons (Fsp3) is 0.0741. The number of para-hydroxylation sites is 2. The summed E-state index contributed by atoms with van der Waals surface area (Å²) in [7, 11) is -4.00. The zero-order chi connectivity index (χ0) is 24.7. The van der Waals surface area contributed by atoms with Crippen molar-refractivity contribution in [3.63, 3.8) is 0 Å². The van der Waals surface area contributed by atoms with Crippen molar-refractivity contribution in [1.82, 2.24) is 0 Å². The van der Waals surface area contributed by atoms with Crippen LogP contribution in [0.3, 0.4) is 0 Å². The average molecular weight is 505 g/mol. The Hall–Kier alpha value is -3.75. The predicted octanol–water partition coefficient (Wildman–Crippen LogP) is 6.03. The van der Waals surface area contributed by atoms with E-state index in [0.717, 1.165) is 9.20 Å². The van der Waals surface area contributed by atoms with Gasteiger partial charge in [0, 0.05) is 4.90 Å². The van der Waals surface area contributed by atoms with Gasteiger partial charge in [0.05, 0.1) is 16.3 Å². The van der Waals surface area contributed by atoms with E-state index in [1.54, 1.807) is 48.5 Å². The van der Waals surface area contributed by atoms with Crippen LogP contribution in [0.4, 0.5) is 11.4 Å². The number of nitrogens with one attached hydrogen (secondary N) is 1. The van der Waals surface area contributed by atoms with E-state index in [1.165, 1.54) is 23.9 Å². The highest BCUT2D eigenvalue weighted by Crippen LogP contribution is 2.29. The van der Waals surface area contributed by atoms with Crippen molar-refractivity contribution >= 4 is 39.1 Å². The van der Waals surface area contributed by atoms with Crippen LogP contribution in [-0.4, -0.2) is 27.1 Å². The van der Waals surface area contributed by atoms with Crippen LogP contribution in [0.5, 0.6) is 11.5 Å². The summed E-state index contributed by atoms with van der Waals surface area (Å²) in [6.45, 7) is -0.390. The summed E-state index contributed by atoms with van der Waals surface area (Å²) < 4.78 is 34.0. The first-order valence-corrected chi connectivity index (χ1v) is 13.5. The second kappa shape index (κ2) is 11.1. The maximum absolute atomic E-state index is 13.5. The lowest BCUT2D eigenvalue weighted by molar-refractivity contribution is -0.114. The Balaban J connectivity index is 1.62. The van der Waals surface area contributed by atoms with Gasteiger partial charge in [-0.1, -0.05) is 48.5 Å². The van der Waals surface area contributed by atoms with Crippen molar-refractivity contribution in [3.05, 3.63) is 109 Å². The molecule has 4 aromatic carbocycles. The van der Waals surface area contributed by atoms with Crippen LogP contribution in [-0.2, 0) is 14.8 Å². The summed E-state index contributed by atoms with van der Waals surface area (Å²) in [6.07, 6.45) is 1.91. The molecular formula is C27H24N2O4S2. The molecule has 6 nitrogen and oxygen atoms in total. The molecule has 0 atom stereocenters. The molecular weight excluding hydrogens is 480 g/mol. The summed E-state index contributed by atoms with van der Waals surface area (Å²) in [5.74, 6) is 0.770. The molecule has 1 N–H and O–H groups in total. The van der Waals surface area contributed by atoms with E-state index in [-0.39, 0.29) is 4.90 Å². The number of carbonyl (C=O) groups excluding carboxylic acids is 1. The van der Waals surface area contributed by atoms with Crippen molar-refractivity contribution in [2.75, 3.05) is 22.4 Å². The van der Waals surface area contributed by atoms with Gasteiger partial charge in [-0.2, -0.15) is 0 Å². The SMILES string of the molecule is CSc1ccccc1NC(=O)CN(c1ccc(Oc2ccccc2)cc1)S(=O)(=O)c1ccccc1. The van der Waals surface area contributed by atoms with E-state index in [9.17, 15) is 13.2 Å². The molecule has 0 heterocycles. The summed E-state index contributed by atoms with van der Waals surface area (Å²) in [4.78, 5) is 14.0. The van der Waals surface area contributed by atoms with Crippen molar-refractivity contribution in [2.24, 2.45) is 0 Å². The van der Waals surface area contributed by atoms with Gasteiger partial charge in [0.2, 0.25) is 5.91 Å². The smallest absolute Gasteiger partial charge is 0.264 e. The van der Waals surface area contributed by atoms with Gasteiger partial charge in [-0.25, -0.2) is 8.42 Å². The van der Waals surface area contributed by atoms with Gasteiger partial charge in [-0.05, 0) is 66.9 Å². The van der Waals surface area contributed by atoms with Crippen LogP contribution in [0, 0.1) is 0 Å². The van der Waals surface area contributed by atoms with Crippen molar-refractivity contribution in [2.45, 2.75) is 9.79 Å². The van der Waals surface area contributed by atoms with Crippen molar-refractivity contribution in [3.8, 4) is 11.5 Å². The zero-order valence-electron chi connectivity index (χ0n) is 19.0. The van der Waals surface area contributed by atoms with Gasteiger partial charge in [0.25, 0.3) is 10.0 Å². The Kier molecular flexibility index (Phi) is 7.74. The standard InChI is InChI=1S/C27H24N2O4S2/c1-34-26-15-9-8-14-25(26)28-27(30)20-29(35(31,32)24-12-6-3-7-13-24)21-16-18-23(19-17-21)33-22-10-4-2-5-11-22/h2-19H,20H2,1H3,(H,28,30). The maximum Gasteiger partial charge on any atom is 0.264 e. The molecule has 0 aliphatic rings. The van der Waals surface area contributed by atoms with E-state index >= 15 is 0 Å². The molecule has 8 heteroatoms. The van der Waals surface area contributed by atoms with E-state index in [1.807, 2.05) is 54.8 Å². The monoisotopic (exact) mass is 504 g/mol. The minimum absolute atomic E-state index is 0.0990. The molecule has 4 aromatic rings. The van der Waals surface area contributed by atoms with Gasteiger partial charge in [-0.3, -0.25) is 9.10 Å². The molecule has 35 heavy (non-hydrogen) atoms. The van der Waals surface area contributed by atoms with Crippen LogP contribution in [0.1, 0.15) is 0 Å². The van der Waals surface area contributed by atoms with Gasteiger partial charge in [0.15, 0.2) is 0 Å². The maximum atomic E-state index is 13.5. The lowest BCUT2D eigenvalue weighted by atomic mass is 10.3. The quantitative estimate of drug-likeness (QED) is 0.282. The molecule has 0 spiro atoms. The number of nitrogens with zero attached hydrogens (tertiary/aromatic N) is 1. The number of hydrogen-bond acceptors (Lipinski definition) is 5. The number of carbonyl (C=O) groups is 1. The Labute approximate surface area is 209 Å². The van der Waals surface area contributed by atoms with Crippen molar-refractivity contribution < 1.29 is 17.9 Å². The number of thioether (sulfide) groups is 1. The van der Waals surface area contributed by atoms with E-state index in [2.05, 4.69) is 5.32 Å². The first kappa shape index (κ1) is 24.4. The minimum Gasteiger partial charge on any atom is -0.457 e. The Bertz CT molecular complexity index is 1380. The highest BCUT2D eigenvalue weighted by atomic mass is 32.2. The number of anilines is 2. The van der Waals surface area contributed by atoms with Crippen LogP contribution < -0.4 is 14.4 Å². The topological polar surface area (TPSA) is 75.7 Å². The van der Waals surface area contributed by atoms with Crippen molar-refractivity contribution in [1.29, 1.82) is 0 Å². The molecule has 0 unspecified atom stereocenters. The Morgan fingerprint density at radius 1 is 0.800 bits per heavy atom. The van der Waals surface area contributed by atoms with E-state index < -0.39 is 22.5 Å². The van der Waals surface area contributed by atoms with Crippen LogP contribution in [0.25, 0.3) is 0 Å². The molecule has 1 amide bonds. The van der Waals surface area contributed by atoms with E-state index in [4.69, 9.17) is 4.74 Å². The fourth-order valence-electron chi connectivity index (χ4n) is 3.41. The third kappa shape index (κ3) is 6.03. The third-order valence-corrected chi connectivity index (χ3v) is 7.69. The number of hydrogen-bond donors (Lipinski definition) is 1. The van der Waals surface area contributed by atoms with Gasteiger partial charge in [-0.15, -0.1) is 11.8 Å². The molecule has 0 bridgehead atoms. The fourth-order valence-corrected chi connectivity index (χ4v) is 5.40. The Morgan fingerprint density at radius 3 is 2.03 bits per heavy atom. The molecule has 178 valence electrons. The molecule has 4 rings (SSSR count). The molecule has 0 radical (unpaired) electrons. The first-order valence-electron chi connectivity index (χ1n) is 10.8. The molecule has 0 aromatic heterocycles. The van der Waals surface area contributed by atoms with E-state index in [0.29, 0.717) is 22.9 Å². The zero-order valence-corrected chi connectivity index (χ0v) is 20.6. The summed E-state index contributed by atoms with van der Waals surface area (Å²) in [5, 5.41) is 2.84. The van der Waals surface area contributed by atoms with Crippen LogP contribution in [0.15, 0.2) is 119 Å². The summed E-state index contributed by atoms with van der Waals surface area (Å²) in [6, 6.07) is 31.3. The number of amides is 1. The number of rotatable bonds is 9. The van der Waals surface area contributed by atoms with Gasteiger partial charge >= 0.3 is 0 Å². The largest absolute Gasteiger partial charge is 0.457 e. The minimum atomic E-state index is -4.00.